The molecule has 374 valence electrons. The van der Waals surface area contributed by atoms with Crippen LogP contribution in [0.3, 0.4) is 0 Å². The van der Waals surface area contributed by atoms with Gasteiger partial charge < -0.3 is 13.7 Å². The Morgan fingerprint density at radius 3 is 1.08 bits per heavy atom. The van der Waals surface area contributed by atoms with Crippen molar-refractivity contribution in [1.29, 1.82) is 0 Å². The van der Waals surface area contributed by atoms with Gasteiger partial charge in [-0.15, -0.1) is 0 Å². The molecule has 0 saturated heterocycles. The van der Waals surface area contributed by atoms with E-state index in [0.717, 1.165) is 78.7 Å². The lowest BCUT2D eigenvalue weighted by Crippen LogP contribution is -1.96. The number of nitrogens with zero attached hydrogens (tertiary/aromatic N) is 5. The van der Waals surface area contributed by atoms with Gasteiger partial charge in [-0.2, -0.15) is 0 Å². The summed E-state index contributed by atoms with van der Waals surface area (Å²) in [6.45, 7) is 8.58. The number of rotatable bonds is 8. The lowest BCUT2D eigenvalue weighted by atomic mass is 9.98. The highest BCUT2D eigenvalue weighted by Gasteiger charge is 2.20. The Hall–Kier alpha value is -10.1. The summed E-state index contributed by atoms with van der Waals surface area (Å²) in [5, 5.41) is 7.46. The summed E-state index contributed by atoms with van der Waals surface area (Å²) < 4.78 is 7.31. The first-order valence-corrected chi connectivity index (χ1v) is 27.2. The molecule has 0 N–H and O–H groups in total. The molecule has 0 aliphatic rings. The smallest absolute Gasteiger partial charge is 0.160 e. The molecule has 4 aromatic heterocycles. The van der Waals surface area contributed by atoms with Gasteiger partial charge in [0.05, 0.1) is 44.5 Å². The van der Waals surface area contributed by atoms with Gasteiger partial charge in [0.1, 0.15) is 0 Å². The van der Waals surface area contributed by atoms with Gasteiger partial charge in [0.2, 0.25) is 0 Å². The van der Waals surface area contributed by atoms with E-state index in [1.54, 1.807) is 0 Å². The van der Waals surface area contributed by atoms with Crippen molar-refractivity contribution in [3.05, 3.63) is 271 Å². The quantitative estimate of drug-likeness (QED) is 0.152. The summed E-state index contributed by atoms with van der Waals surface area (Å²) >= 11 is 0. The largest absolute Gasteiger partial charge is 0.309 e. The van der Waals surface area contributed by atoms with Gasteiger partial charge in [-0.05, 0) is 153 Å². The fourth-order valence-electron chi connectivity index (χ4n) is 12.2. The van der Waals surface area contributed by atoms with Crippen LogP contribution < -0.4 is 0 Å². The van der Waals surface area contributed by atoms with E-state index < -0.39 is 0 Å². The topological polar surface area (TPSA) is 40.6 Å². The molecule has 0 amide bonds. The third-order valence-corrected chi connectivity index (χ3v) is 16.1. The summed E-state index contributed by atoms with van der Waals surface area (Å²) in [5.74, 6) is 0.723. The van der Waals surface area contributed by atoms with Gasteiger partial charge >= 0.3 is 0 Å². The highest BCUT2D eigenvalue weighted by Crippen LogP contribution is 2.41. The molecule has 0 radical (unpaired) electrons. The number of fused-ring (bicyclic) bond motifs is 9. The summed E-state index contributed by atoms with van der Waals surface area (Å²) in [7, 11) is 0. The third kappa shape index (κ3) is 7.84. The zero-order chi connectivity index (χ0) is 52.9. The molecule has 5 heteroatoms. The van der Waals surface area contributed by atoms with Gasteiger partial charge in [0.15, 0.2) is 5.82 Å². The van der Waals surface area contributed by atoms with E-state index >= 15 is 0 Å². The molecule has 0 aliphatic carbocycles. The molecule has 15 rings (SSSR count). The Morgan fingerprint density at radius 1 is 0.228 bits per heavy atom. The standard InChI is InChI=1S/C74H53N5/c1-46-11-9-13-55(39-46)67-45-66(75-74(76-67)56-14-10-12-47(2)40-56)54-27-25-52(26-28-54)50-21-23-51(24-22-50)53-29-31-57(32-30-53)77-72-37-33-58(78-68-17-7-5-15-60(68)62-41-48(3)19-35-70(62)78)43-64(72)65-44-59(34-38-73(65)77)79-69-18-8-6-16-61(69)63-42-49(4)20-36-71(63)79/h5-45H,1-4H3. The van der Waals surface area contributed by atoms with E-state index in [1.165, 1.54) is 82.2 Å². The first kappa shape index (κ1) is 46.2. The van der Waals surface area contributed by atoms with E-state index in [4.69, 9.17) is 9.97 Å². The fourth-order valence-corrected chi connectivity index (χ4v) is 12.2. The second-order valence-corrected chi connectivity index (χ2v) is 21.4. The fraction of sp³-hybridized carbons (Fsp3) is 0.0541. The monoisotopic (exact) mass is 1010 g/mol. The summed E-state index contributed by atoms with van der Waals surface area (Å²) in [4.78, 5) is 10.2. The zero-order valence-corrected chi connectivity index (χ0v) is 44.4. The van der Waals surface area contributed by atoms with Crippen molar-refractivity contribution in [2.75, 3.05) is 0 Å². The molecule has 0 bridgehead atoms. The minimum atomic E-state index is 0.723. The normalized spacial score (nSPS) is 11.8. The Kier molecular flexibility index (Phi) is 10.7. The minimum absolute atomic E-state index is 0.723. The maximum atomic E-state index is 5.11. The predicted molar refractivity (Wildman–Crippen MR) is 331 cm³/mol. The average Bonchev–Trinajstić information content (AvgIpc) is 4.30. The predicted octanol–water partition coefficient (Wildman–Crippen LogP) is 19.3. The number of benzene rings is 11. The maximum Gasteiger partial charge on any atom is 0.160 e. The van der Waals surface area contributed by atoms with Crippen molar-refractivity contribution in [3.8, 4) is 73.2 Å². The Morgan fingerprint density at radius 2 is 0.582 bits per heavy atom. The Balaban J connectivity index is 0.791. The third-order valence-electron chi connectivity index (χ3n) is 16.1. The van der Waals surface area contributed by atoms with Crippen LogP contribution in [0.25, 0.3) is 139 Å². The van der Waals surface area contributed by atoms with Gasteiger partial charge in [0, 0.05) is 66.1 Å². The van der Waals surface area contributed by atoms with Crippen molar-refractivity contribution in [2.24, 2.45) is 0 Å². The highest BCUT2D eigenvalue weighted by molar-refractivity contribution is 6.14. The van der Waals surface area contributed by atoms with E-state index in [0.29, 0.717) is 0 Å². The molecule has 79 heavy (non-hydrogen) atoms. The van der Waals surface area contributed by atoms with Crippen LogP contribution in [0.5, 0.6) is 0 Å². The molecule has 15 aromatic rings. The number of hydrogen-bond donors (Lipinski definition) is 0. The summed E-state index contributed by atoms with van der Waals surface area (Å²) in [5.41, 5.74) is 25.0. The van der Waals surface area contributed by atoms with Crippen molar-refractivity contribution in [2.45, 2.75) is 27.7 Å². The SMILES string of the molecule is Cc1cccc(-c2cc(-c3ccc(-c4ccc(-c5ccc(-n6c7ccc(-n8c9ccccc9c9cc(C)ccc98)cc7c7cc(-n8c9ccccc9c9cc(C)ccc98)ccc76)cc5)cc4)cc3)nc(-c3cccc(C)c3)n2)c1. The van der Waals surface area contributed by atoms with Crippen LogP contribution in [0.2, 0.25) is 0 Å². The molecule has 11 aromatic carbocycles. The van der Waals surface area contributed by atoms with Crippen molar-refractivity contribution >= 4 is 65.4 Å². The first-order valence-electron chi connectivity index (χ1n) is 27.2. The van der Waals surface area contributed by atoms with E-state index in [9.17, 15) is 0 Å². The highest BCUT2D eigenvalue weighted by atomic mass is 15.0. The van der Waals surface area contributed by atoms with Crippen LogP contribution >= 0.6 is 0 Å². The van der Waals surface area contributed by atoms with Crippen LogP contribution in [-0.4, -0.2) is 23.7 Å². The molecule has 0 atom stereocenters. The van der Waals surface area contributed by atoms with Crippen LogP contribution in [0, 0.1) is 27.7 Å². The van der Waals surface area contributed by atoms with Gasteiger partial charge in [-0.25, -0.2) is 9.97 Å². The maximum absolute atomic E-state index is 5.11. The average molecular weight is 1010 g/mol. The zero-order valence-electron chi connectivity index (χ0n) is 44.4. The lowest BCUT2D eigenvalue weighted by molar-refractivity contribution is 1.16. The molecule has 0 spiro atoms. The first-order chi connectivity index (χ1) is 38.8. The summed E-state index contributed by atoms with van der Waals surface area (Å²) in [6, 6.07) is 91.1. The Labute approximate surface area is 458 Å². The number of aromatic nitrogens is 5. The van der Waals surface area contributed by atoms with E-state index in [1.807, 2.05) is 0 Å². The van der Waals surface area contributed by atoms with Crippen LogP contribution in [0.15, 0.2) is 249 Å². The molecule has 0 saturated carbocycles. The Bertz CT molecular complexity index is 4670. The van der Waals surface area contributed by atoms with Gasteiger partial charge in [-0.3, -0.25) is 0 Å². The molecular formula is C74H53N5. The van der Waals surface area contributed by atoms with Crippen LogP contribution in [-0.2, 0) is 0 Å². The minimum Gasteiger partial charge on any atom is -0.309 e. The second-order valence-electron chi connectivity index (χ2n) is 21.4. The van der Waals surface area contributed by atoms with Gasteiger partial charge in [-0.1, -0.05) is 168 Å². The van der Waals surface area contributed by atoms with Crippen molar-refractivity contribution < 1.29 is 0 Å². The summed E-state index contributed by atoms with van der Waals surface area (Å²) in [6.07, 6.45) is 0. The molecule has 4 heterocycles. The molecule has 5 nitrogen and oxygen atoms in total. The lowest BCUT2D eigenvalue weighted by Gasteiger charge is -2.12. The molecule has 0 fully saturated rings. The number of aryl methyl sites for hydroxylation is 4. The van der Waals surface area contributed by atoms with Crippen LogP contribution in [0.4, 0.5) is 0 Å². The van der Waals surface area contributed by atoms with Crippen molar-refractivity contribution in [1.82, 2.24) is 23.7 Å². The number of para-hydroxylation sites is 2. The van der Waals surface area contributed by atoms with E-state index in [2.05, 4.69) is 290 Å². The van der Waals surface area contributed by atoms with Crippen molar-refractivity contribution in [3.63, 3.8) is 0 Å². The number of hydrogen-bond acceptors (Lipinski definition) is 2. The molecular weight excluding hydrogens is 959 g/mol. The van der Waals surface area contributed by atoms with E-state index in [-0.39, 0.29) is 0 Å². The second kappa shape index (κ2) is 18.3. The van der Waals surface area contributed by atoms with Crippen LogP contribution in [0.1, 0.15) is 22.3 Å². The molecule has 0 aliphatic heterocycles. The van der Waals surface area contributed by atoms with Gasteiger partial charge in [0.25, 0.3) is 0 Å². The molecule has 0 unspecified atom stereocenters.